The van der Waals surface area contributed by atoms with Crippen molar-refractivity contribution in [3.8, 4) is 17.2 Å². The predicted molar refractivity (Wildman–Crippen MR) is 78.7 cm³/mol. The summed E-state index contributed by atoms with van der Waals surface area (Å²) in [4.78, 5) is 10.5. The van der Waals surface area contributed by atoms with Gasteiger partial charge in [0.15, 0.2) is 0 Å². The van der Waals surface area contributed by atoms with E-state index in [2.05, 4.69) is 32.0 Å². The molecular formula is C14H13BrN4. The zero-order chi connectivity index (χ0) is 13.7. The molecule has 0 aliphatic heterocycles. The van der Waals surface area contributed by atoms with E-state index < -0.39 is 0 Å². The van der Waals surface area contributed by atoms with E-state index in [1.54, 1.807) is 12.4 Å². The summed E-state index contributed by atoms with van der Waals surface area (Å²) in [5, 5.41) is 8.56. The lowest BCUT2D eigenvalue weighted by Gasteiger charge is -2.15. The molecule has 0 unspecified atom stereocenters. The molecule has 0 aliphatic rings. The quantitative estimate of drug-likeness (QED) is 0.868. The Bertz CT molecular complexity index is 589. The molecular weight excluding hydrogens is 304 g/mol. The highest BCUT2D eigenvalue weighted by Crippen LogP contribution is 2.27. The van der Waals surface area contributed by atoms with Crippen LogP contribution in [0.25, 0.3) is 11.1 Å². The minimum absolute atomic E-state index is 0.464. The van der Waals surface area contributed by atoms with E-state index in [0.29, 0.717) is 18.9 Å². The van der Waals surface area contributed by atoms with Crippen LogP contribution in [0.1, 0.15) is 6.42 Å². The van der Waals surface area contributed by atoms with Crippen LogP contribution in [0.5, 0.6) is 0 Å². The van der Waals surface area contributed by atoms with E-state index in [-0.39, 0.29) is 0 Å². The molecule has 0 amide bonds. The van der Waals surface area contributed by atoms with Crippen LogP contribution in [0.2, 0.25) is 0 Å². The Morgan fingerprint density at radius 3 is 2.58 bits per heavy atom. The monoisotopic (exact) mass is 316 g/mol. The molecule has 2 aromatic rings. The maximum Gasteiger partial charge on any atom is 0.225 e. The SMILES string of the molecule is CN(CCC#N)c1ncc(-c2ccccc2Br)cn1. The van der Waals surface area contributed by atoms with Crippen LogP contribution in [-0.2, 0) is 0 Å². The first-order valence-corrected chi connectivity index (χ1v) is 6.66. The largest absolute Gasteiger partial charge is 0.343 e. The zero-order valence-corrected chi connectivity index (χ0v) is 12.1. The highest BCUT2D eigenvalue weighted by atomic mass is 79.9. The topological polar surface area (TPSA) is 52.8 Å². The normalized spacial score (nSPS) is 9.95. The van der Waals surface area contributed by atoms with Crippen molar-refractivity contribution in [3.05, 3.63) is 41.1 Å². The Morgan fingerprint density at radius 1 is 1.26 bits per heavy atom. The van der Waals surface area contributed by atoms with Crippen molar-refractivity contribution >= 4 is 21.9 Å². The fraction of sp³-hybridized carbons (Fsp3) is 0.214. The highest BCUT2D eigenvalue weighted by molar-refractivity contribution is 9.10. The average molecular weight is 317 g/mol. The lowest BCUT2D eigenvalue weighted by atomic mass is 10.1. The molecule has 1 aromatic carbocycles. The number of rotatable bonds is 4. The molecule has 19 heavy (non-hydrogen) atoms. The second-order valence-electron chi connectivity index (χ2n) is 4.08. The van der Waals surface area contributed by atoms with E-state index in [9.17, 15) is 0 Å². The smallest absolute Gasteiger partial charge is 0.225 e. The van der Waals surface area contributed by atoms with Crippen molar-refractivity contribution in [2.75, 3.05) is 18.5 Å². The van der Waals surface area contributed by atoms with Crippen LogP contribution < -0.4 is 4.90 Å². The van der Waals surface area contributed by atoms with Gasteiger partial charge >= 0.3 is 0 Å². The molecule has 0 bridgehead atoms. The molecule has 0 radical (unpaired) electrons. The molecule has 0 N–H and O–H groups in total. The Hall–Kier alpha value is -1.93. The van der Waals surface area contributed by atoms with Crippen LogP contribution in [0, 0.1) is 11.3 Å². The lowest BCUT2D eigenvalue weighted by molar-refractivity contribution is 0.859. The van der Waals surface area contributed by atoms with Crippen LogP contribution in [0.4, 0.5) is 5.95 Å². The second kappa shape index (κ2) is 6.30. The lowest BCUT2D eigenvalue weighted by Crippen LogP contribution is -2.20. The summed E-state index contributed by atoms with van der Waals surface area (Å²) in [5.41, 5.74) is 2.03. The maximum absolute atomic E-state index is 8.56. The summed E-state index contributed by atoms with van der Waals surface area (Å²) in [7, 11) is 1.88. The number of hydrogen-bond donors (Lipinski definition) is 0. The van der Waals surface area contributed by atoms with Gasteiger partial charge in [0.05, 0.1) is 12.5 Å². The molecule has 4 nitrogen and oxygen atoms in total. The van der Waals surface area contributed by atoms with Gasteiger partial charge in [-0.05, 0) is 11.6 Å². The van der Waals surface area contributed by atoms with Gasteiger partial charge < -0.3 is 4.90 Å². The van der Waals surface area contributed by atoms with Gasteiger partial charge in [-0.1, -0.05) is 34.1 Å². The van der Waals surface area contributed by atoms with Crippen molar-refractivity contribution in [3.63, 3.8) is 0 Å². The van der Waals surface area contributed by atoms with E-state index in [0.717, 1.165) is 15.6 Å². The van der Waals surface area contributed by atoms with Gasteiger partial charge in [-0.3, -0.25) is 0 Å². The molecule has 0 spiro atoms. The van der Waals surface area contributed by atoms with E-state index in [4.69, 9.17) is 5.26 Å². The molecule has 96 valence electrons. The molecule has 5 heteroatoms. The number of benzene rings is 1. The minimum atomic E-state index is 0.464. The summed E-state index contributed by atoms with van der Waals surface area (Å²) >= 11 is 3.51. The summed E-state index contributed by atoms with van der Waals surface area (Å²) in [5.74, 6) is 0.631. The maximum atomic E-state index is 8.56. The first-order valence-electron chi connectivity index (χ1n) is 5.87. The van der Waals surface area contributed by atoms with E-state index in [1.165, 1.54) is 0 Å². The second-order valence-corrected chi connectivity index (χ2v) is 4.94. The number of nitriles is 1. The highest BCUT2D eigenvalue weighted by Gasteiger charge is 2.06. The molecule has 0 saturated heterocycles. The summed E-state index contributed by atoms with van der Waals surface area (Å²) < 4.78 is 1.02. The Kier molecular flexibility index (Phi) is 4.48. The Morgan fingerprint density at radius 2 is 1.95 bits per heavy atom. The van der Waals surface area contributed by atoms with Crippen LogP contribution in [0.15, 0.2) is 41.1 Å². The molecule has 1 heterocycles. The predicted octanol–water partition coefficient (Wildman–Crippen LogP) is 3.26. The van der Waals surface area contributed by atoms with Gasteiger partial charge in [-0.25, -0.2) is 9.97 Å². The first-order chi connectivity index (χ1) is 9.22. The fourth-order valence-corrected chi connectivity index (χ4v) is 2.18. The number of aromatic nitrogens is 2. The average Bonchev–Trinajstić information content (AvgIpc) is 2.45. The standard InChI is InChI=1S/C14H13BrN4/c1-19(8-4-7-16)14-17-9-11(10-18-14)12-5-2-3-6-13(12)15/h2-3,5-6,9-10H,4,8H2,1H3. The number of hydrogen-bond acceptors (Lipinski definition) is 4. The van der Waals surface area contributed by atoms with E-state index in [1.807, 2.05) is 36.2 Å². The summed E-state index contributed by atoms with van der Waals surface area (Å²) in [6.45, 7) is 0.630. The van der Waals surface area contributed by atoms with Gasteiger partial charge in [0, 0.05) is 36.0 Å². The van der Waals surface area contributed by atoms with Gasteiger partial charge in [-0.2, -0.15) is 5.26 Å². The van der Waals surface area contributed by atoms with Crippen LogP contribution in [-0.4, -0.2) is 23.6 Å². The van der Waals surface area contributed by atoms with Crippen molar-refractivity contribution in [2.45, 2.75) is 6.42 Å². The van der Waals surface area contributed by atoms with Gasteiger partial charge in [-0.15, -0.1) is 0 Å². The molecule has 0 saturated carbocycles. The zero-order valence-electron chi connectivity index (χ0n) is 10.5. The van der Waals surface area contributed by atoms with Gasteiger partial charge in [0.25, 0.3) is 0 Å². The van der Waals surface area contributed by atoms with Crippen molar-refractivity contribution in [2.24, 2.45) is 0 Å². The van der Waals surface area contributed by atoms with Crippen LogP contribution in [0.3, 0.4) is 0 Å². The molecule has 2 rings (SSSR count). The number of nitrogens with zero attached hydrogens (tertiary/aromatic N) is 4. The molecule has 0 aliphatic carbocycles. The minimum Gasteiger partial charge on any atom is -0.343 e. The Balaban J connectivity index is 2.20. The molecule has 0 atom stereocenters. The van der Waals surface area contributed by atoms with E-state index >= 15 is 0 Å². The van der Waals surface area contributed by atoms with Crippen molar-refractivity contribution in [1.29, 1.82) is 5.26 Å². The van der Waals surface area contributed by atoms with Gasteiger partial charge in [0.2, 0.25) is 5.95 Å². The molecule has 1 aromatic heterocycles. The van der Waals surface area contributed by atoms with Gasteiger partial charge in [0.1, 0.15) is 0 Å². The third kappa shape index (κ3) is 3.30. The third-order valence-corrected chi connectivity index (χ3v) is 3.42. The summed E-state index contributed by atoms with van der Waals surface area (Å²) in [6, 6.07) is 10.1. The number of halogens is 1. The Labute approximate surface area is 120 Å². The fourth-order valence-electron chi connectivity index (χ4n) is 1.67. The van der Waals surface area contributed by atoms with Crippen LogP contribution >= 0.6 is 15.9 Å². The van der Waals surface area contributed by atoms with Crippen molar-refractivity contribution in [1.82, 2.24) is 9.97 Å². The van der Waals surface area contributed by atoms with Crippen molar-refractivity contribution < 1.29 is 0 Å². The third-order valence-electron chi connectivity index (χ3n) is 2.72. The first kappa shape index (κ1) is 13.5. The molecule has 0 fully saturated rings. The number of anilines is 1. The summed E-state index contributed by atoms with van der Waals surface area (Å²) in [6.07, 6.45) is 4.06.